The fourth-order valence-corrected chi connectivity index (χ4v) is 2.21. The summed E-state index contributed by atoms with van der Waals surface area (Å²) >= 11 is 0. The van der Waals surface area contributed by atoms with Crippen LogP contribution < -0.4 is 5.32 Å². The van der Waals surface area contributed by atoms with Gasteiger partial charge in [0.05, 0.1) is 0 Å². The van der Waals surface area contributed by atoms with E-state index in [0.29, 0.717) is 5.75 Å². The van der Waals surface area contributed by atoms with Crippen LogP contribution in [0, 0.1) is 6.92 Å². The summed E-state index contributed by atoms with van der Waals surface area (Å²) in [5.74, 6) is 0.366. The molecule has 0 aliphatic carbocycles. The zero-order chi connectivity index (χ0) is 13.7. The monoisotopic (exact) mass is 255 g/mol. The zero-order valence-corrected chi connectivity index (χ0v) is 11.6. The van der Waals surface area contributed by atoms with E-state index in [1.807, 2.05) is 25.1 Å². The van der Waals surface area contributed by atoms with Gasteiger partial charge in [-0.3, -0.25) is 0 Å². The average molecular weight is 255 g/mol. The molecule has 100 valence electrons. The molecule has 0 saturated carbocycles. The van der Waals surface area contributed by atoms with E-state index in [0.717, 1.165) is 18.5 Å². The third-order valence-corrected chi connectivity index (χ3v) is 3.36. The predicted molar refractivity (Wildman–Crippen MR) is 79.4 cm³/mol. The van der Waals surface area contributed by atoms with Gasteiger partial charge in [0.1, 0.15) is 5.75 Å². The molecule has 0 aliphatic heterocycles. The molecular weight excluding hydrogens is 234 g/mol. The van der Waals surface area contributed by atoms with Crippen molar-refractivity contribution in [1.82, 2.24) is 5.32 Å². The number of phenols is 1. The van der Waals surface area contributed by atoms with Gasteiger partial charge in [-0.25, -0.2) is 0 Å². The van der Waals surface area contributed by atoms with Crippen LogP contribution in [0.2, 0.25) is 0 Å². The first kappa shape index (κ1) is 13.6. The van der Waals surface area contributed by atoms with Gasteiger partial charge in [-0.2, -0.15) is 0 Å². The highest BCUT2D eigenvalue weighted by molar-refractivity contribution is 5.37. The molecule has 0 radical (unpaired) electrons. The smallest absolute Gasteiger partial charge is 0.120 e. The molecule has 0 aromatic heterocycles. The van der Waals surface area contributed by atoms with Gasteiger partial charge in [0, 0.05) is 11.6 Å². The topological polar surface area (TPSA) is 32.3 Å². The zero-order valence-electron chi connectivity index (χ0n) is 11.6. The molecule has 19 heavy (non-hydrogen) atoms. The Morgan fingerprint density at radius 3 is 2.58 bits per heavy atom. The molecule has 0 heterocycles. The van der Waals surface area contributed by atoms with Crippen LogP contribution in [-0.4, -0.2) is 11.7 Å². The maximum atomic E-state index is 9.88. The van der Waals surface area contributed by atoms with Gasteiger partial charge in [-0.05, 0) is 38.4 Å². The van der Waals surface area contributed by atoms with Crippen LogP contribution in [-0.2, 0) is 6.42 Å². The minimum absolute atomic E-state index is 0.156. The Kier molecular flexibility index (Phi) is 4.58. The molecule has 0 amide bonds. The quantitative estimate of drug-likeness (QED) is 0.855. The molecule has 0 bridgehead atoms. The first-order valence-corrected chi connectivity index (χ1v) is 6.73. The number of aromatic hydroxyl groups is 1. The highest BCUT2D eigenvalue weighted by atomic mass is 16.3. The Hall–Kier alpha value is -1.80. The molecule has 2 heteroatoms. The van der Waals surface area contributed by atoms with Crippen LogP contribution in [0.1, 0.15) is 29.7 Å². The summed E-state index contributed by atoms with van der Waals surface area (Å²) in [6, 6.07) is 16.3. The molecule has 2 nitrogen and oxygen atoms in total. The maximum absolute atomic E-state index is 9.88. The van der Waals surface area contributed by atoms with Gasteiger partial charge in [-0.1, -0.05) is 48.0 Å². The molecule has 0 fully saturated rings. The minimum atomic E-state index is 0.156. The summed E-state index contributed by atoms with van der Waals surface area (Å²) in [6.45, 7) is 5.03. The van der Waals surface area contributed by atoms with Crippen LogP contribution in [0.15, 0.2) is 48.5 Å². The van der Waals surface area contributed by atoms with Crippen molar-refractivity contribution >= 4 is 0 Å². The second kappa shape index (κ2) is 6.39. The van der Waals surface area contributed by atoms with E-state index >= 15 is 0 Å². The van der Waals surface area contributed by atoms with Crippen molar-refractivity contribution in [2.24, 2.45) is 0 Å². The first-order chi connectivity index (χ1) is 9.16. The highest BCUT2D eigenvalue weighted by Crippen LogP contribution is 2.24. The molecule has 0 spiro atoms. The van der Waals surface area contributed by atoms with E-state index in [1.165, 1.54) is 11.1 Å². The van der Waals surface area contributed by atoms with Gasteiger partial charge in [0.25, 0.3) is 0 Å². The van der Waals surface area contributed by atoms with Crippen LogP contribution in [0.5, 0.6) is 5.75 Å². The second-order valence-corrected chi connectivity index (χ2v) is 4.97. The van der Waals surface area contributed by atoms with Gasteiger partial charge >= 0.3 is 0 Å². The number of phenolic OH excluding ortho intramolecular Hbond substituents is 1. The summed E-state index contributed by atoms with van der Waals surface area (Å²) < 4.78 is 0. The Morgan fingerprint density at radius 2 is 1.84 bits per heavy atom. The van der Waals surface area contributed by atoms with E-state index in [1.54, 1.807) is 6.07 Å². The van der Waals surface area contributed by atoms with Gasteiger partial charge in [0.2, 0.25) is 0 Å². The predicted octanol–water partition coefficient (Wildman–Crippen LogP) is 3.59. The highest BCUT2D eigenvalue weighted by Gasteiger charge is 2.09. The molecule has 2 rings (SSSR count). The Balaban J connectivity index is 1.91. The van der Waals surface area contributed by atoms with Gasteiger partial charge < -0.3 is 10.4 Å². The summed E-state index contributed by atoms with van der Waals surface area (Å²) in [6.07, 6.45) is 0.998. The molecule has 0 saturated heterocycles. The SMILES string of the molecule is Cc1ccc(O)c(C(C)NCCc2ccccc2)c1. The Morgan fingerprint density at radius 1 is 1.11 bits per heavy atom. The van der Waals surface area contributed by atoms with Gasteiger partial charge in [-0.15, -0.1) is 0 Å². The molecular formula is C17H21NO. The number of nitrogens with one attached hydrogen (secondary N) is 1. The second-order valence-electron chi connectivity index (χ2n) is 4.97. The molecule has 2 aromatic carbocycles. The van der Waals surface area contributed by atoms with Crippen molar-refractivity contribution in [3.8, 4) is 5.75 Å². The van der Waals surface area contributed by atoms with E-state index in [-0.39, 0.29) is 6.04 Å². The molecule has 1 atom stereocenters. The largest absolute Gasteiger partial charge is 0.508 e. The van der Waals surface area contributed by atoms with Crippen molar-refractivity contribution in [3.63, 3.8) is 0 Å². The lowest BCUT2D eigenvalue weighted by Gasteiger charge is -2.16. The lowest BCUT2D eigenvalue weighted by Crippen LogP contribution is -2.21. The van der Waals surface area contributed by atoms with E-state index < -0.39 is 0 Å². The van der Waals surface area contributed by atoms with Crippen LogP contribution in [0.25, 0.3) is 0 Å². The maximum Gasteiger partial charge on any atom is 0.120 e. The fraction of sp³-hybridized carbons (Fsp3) is 0.294. The van der Waals surface area contributed by atoms with E-state index in [2.05, 4.69) is 36.5 Å². The minimum Gasteiger partial charge on any atom is -0.508 e. The first-order valence-electron chi connectivity index (χ1n) is 6.73. The third-order valence-electron chi connectivity index (χ3n) is 3.36. The van der Waals surface area contributed by atoms with E-state index in [9.17, 15) is 5.11 Å². The van der Waals surface area contributed by atoms with Crippen molar-refractivity contribution < 1.29 is 5.11 Å². The number of hydrogen-bond acceptors (Lipinski definition) is 2. The lowest BCUT2D eigenvalue weighted by atomic mass is 10.0. The van der Waals surface area contributed by atoms with Crippen LogP contribution in [0.4, 0.5) is 0 Å². The van der Waals surface area contributed by atoms with Crippen molar-refractivity contribution in [3.05, 3.63) is 65.2 Å². The van der Waals surface area contributed by atoms with Crippen molar-refractivity contribution in [2.75, 3.05) is 6.54 Å². The summed E-state index contributed by atoms with van der Waals surface area (Å²) in [7, 11) is 0. The number of hydrogen-bond donors (Lipinski definition) is 2. The van der Waals surface area contributed by atoms with Gasteiger partial charge in [0.15, 0.2) is 0 Å². The molecule has 0 aliphatic rings. The fourth-order valence-electron chi connectivity index (χ4n) is 2.21. The standard InChI is InChI=1S/C17H21NO/c1-13-8-9-17(19)16(12-13)14(2)18-11-10-15-6-4-3-5-7-15/h3-9,12,14,18-19H,10-11H2,1-2H3. The van der Waals surface area contributed by atoms with Crippen molar-refractivity contribution in [1.29, 1.82) is 0 Å². The summed E-state index contributed by atoms with van der Waals surface area (Å²) in [4.78, 5) is 0. The third kappa shape index (κ3) is 3.83. The number of rotatable bonds is 5. The number of benzene rings is 2. The number of aryl methyl sites for hydroxylation is 1. The summed E-state index contributed by atoms with van der Waals surface area (Å²) in [5, 5.41) is 13.3. The molecule has 1 unspecified atom stereocenters. The lowest BCUT2D eigenvalue weighted by molar-refractivity contribution is 0.453. The summed E-state index contributed by atoms with van der Waals surface area (Å²) in [5.41, 5.74) is 3.47. The molecule has 2 N–H and O–H groups in total. The van der Waals surface area contributed by atoms with E-state index in [4.69, 9.17) is 0 Å². The van der Waals surface area contributed by atoms with Crippen LogP contribution >= 0.6 is 0 Å². The normalized spacial score (nSPS) is 12.3. The molecule has 2 aromatic rings. The Labute approximate surface area is 115 Å². The van der Waals surface area contributed by atoms with Crippen molar-refractivity contribution in [2.45, 2.75) is 26.3 Å². The average Bonchev–Trinajstić information content (AvgIpc) is 2.42. The van der Waals surface area contributed by atoms with Crippen LogP contribution in [0.3, 0.4) is 0 Å². The Bertz CT molecular complexity index is 522.